The second kappa shape index (κ2) is 4.45. The van der Waals surface area contributed by atoms with Gasteiger partial charge >= 0.3 is 0 Å². The van der Waals surface area contributed by atoms with Gasteiger partial charge < -0.3 is 10.2 Å². The van der Waals surface area contributed by atoms with Gasteiger partial charge in [-0.3, -0.25) is 4.79 Å². The first-order valence-electron chi connectivity index (χ1n) is 5.30. The molecule has 0 aromatic heterocycles. The van der Waals surface area contributed by atoms with Crippen molar-refractivity contribution in [2.75, 3.05) is 13.1 Å². The van der Waals surface area contributed by atoms with Crippen molar-refractivity contribution in [3.8, 4) is 0 Å². The molecule has 1 aromatic rings. The van der Waals surface area contributed by atoms with Crippen LogP contribution < -0.4 is 5.32 Å². The molecule has 1 aromatic carbocycles. The van der Waals surface area contributed by atoms with Crippen molar-refractivity contribution in [2.24, 2.45) is 0 Å². The topological polar surface area (TPSA) is 32.3 Å². The van der Waals surface area contributed by atoms with E-state index in [1.807, 2.05) is 23.1 Å². The highest BCUT2D eigenvalue weighted by atomic mass is 16.1. The first-order valence-corrected chi connectivity index (χ1v) is 5.30. The Morgan fingerprint density at radius 3 is 2.80 bits per heavy atom. The Hall–Kier alpha value is -1.35. The van der Waals surface area contributed by atoms with Crippen LogP contribution in [0.3, 0.4) is 0 Å². The Labute approximate surface area is 90.1 Å². The summed E-state index contributed by atoms with van der Waals surface area (Å²) in [4.78, 5) is 12.7. The van der Waals surface area contributed by atoms with Gasteiger partial charge in [0.25, 0.3) is 0 Å². The minimum absolute atomic E-state index is 0.271. The fourth-order valence-corrected chi connectivity index (χ4v) is 1.94. The summed E-state index contributed by atoms with van der Waals surface area (Å²) >= 11 is 0. The number of hydrogen-bond acceptors (Lipinski definition) is 2. The van der Waals surface area contributed by atoms with Gasteiger partial charge in [-0.2, -0.15) is 0 Å². The van der Waals surface area contributed by atoms with Crippen molar-refractivity contribution < 1.29 is 4.79 Å². The van der Waals surface area contributed by atoms with Gasteiger partial charge in [-0.05, 0) is 12.5 Å². The molecule has 1 N–H and O–H groups in total. The average molecular weight is 204 g/mol. The number of rotatable bonds is 2. The van der Waals surface area contributed by atoms with Crippen molar-refractivity contribution in [3.05, 3.63) is 35.9 Å². The summed E-state index contributed by atoms with van der Waals surface area (Å²) in [6.45, 7) is 3.68. The highest BCUT2D eigenvalue weighted by molar-refractivity contribution is 5.48. The molecule has 15 heavy (non-hydrogen) atoms. The summed E-state index contributed by atoms with van der Waals surface area (Å²) in [6.07, 6.45) is 0.946. The summed E-state index contributed by atoms with van der Waals surface area (Å²) in [5.41, 5.74) is 1.25. The molecule has 1 heterocycles. The number of hydrogen-bond donors (Lipinski definition) is 1. The number of nitrogens with zero attached hydrogens (tertiary/aromatic N) is 1. The summed E-state index contributed by atoms with van der Waals surface area (Å²) in [5.74, 6) is 0. The number of amides is 1. The molecule has 1 amide bonds. The quantitative estimate of drug-likeness (QED) is 0.734. The Bertz CT molecular complexity index is 326. The minimum atomic E-state index is 0.271. The minimum Gasteiger partial charge on any atom is -0.339 e. The Morgan fingerprint density at radius 2 is 2.13 bits per heavy atom. The monoisotopic (exact) mass is 204 g/mol. The second-order valence-electron chi connectivity index (χ2n) is 4.02. The maximum Gasteiger partial charge on any atom is 0.210 e. The van der Waals surface area contributed by atoms with Crippen molar-refractivity contribution in [3.63, 3.8) is 0 Å². The Balaban J connectivity index is 2.09. The van der Waals surface area contributed by atoms with Crippen LogP contribution in [-0.2, 0) is 4.79 Å². The van der Waals surface area contributed by atoms with Gasteiger partial charge in [-0.1, -0.05) is 30.3 Å². The van der Waals surface area contributed by atoms with Crippen molar-refractivity contribution in [2.45, 2.75) is 19.0 Å². The van der Waals surface area contributed by atoms with Crippen molar-refractivity contribution >= 4 is 6.41 Å². The van der Waals surface area contributed by atoms with Gasteiger partial charge in [0.05, 0.1) is 0 Å². The van der Waals surface area contributed by atoms with Gasteiger partial charge in [0.15, 0.2) is 0 Å². The van der Waals surface area contributed by atoms with Crippen LogP contribution in [0.15, 0.2) is 30.3 Å². The molecule has 0 aliphatic carbocycles. The van der Waals surface area contributed by atoms with Crippen LogP contribution in [0, 0.1) is 0 Å². The van der Waals surface area contributed by atoms with Crippen LogP contribution >= 0.6 is 0 Å². The molecule has 1 saturated heterocycles. The third kappa shape index (κ3) is 2.18. The van der Waals surface area contributed by atoms with Crippen LogP contribution in [0.1, 0.15) is 18.5 Å². The number of piperazine rings is 1. The van der Waals surface area contributed by atoms with Gasteiger partial charge in [0.2, 0.25) is 6.41 Å². The maximum absolute atomic E-state index is 10.8. The van der Waals surface area contributed by atoms with Crippen molar-refractivity contribution in [1.82, 2.24) is 10.2 Å². The lowest BCUT2D eigenvalue weighted by atomic mass is 10.0. The summed E-state index contributed by atoms with van der Waals surface area (Å²) in [5, 5.41) is 3.45. The lowest BCUT2D eigenvalue weighted by molar-refractivity contribution is -0.121. The molecular weight excluding hydrogens is 188 g/mol. The van der Waals surface area contributed by atoms with Crippen LogP contribution in [-0.4, -0.2) is 30.4 Å². The van der Waals surface area contributed by atoms with Crippen LogP contribution in [0.25, 0.3) is 0 Å². The zero-order chi connectivity index (χ0) is 10.7. The van der Waals surface area contributed by atoms with E-state index in [1.165, 1.54) is 5.56 Å². The molecule has 0 spiro atoms. The first-order chi connectivity index (χ1) is 7.31. The summed E-state index contributed by atoms with van der Waals surface area (Å²) < 4.78 is 0. The van der Waals surface area contributed by atoms with E-state index < -0.39 is 0 Å². The van der Waals surface area contributed by atoms with E-state index in [4.69, 9.17) is 0 Å². The molecule has 1 fully saturated rings. The number of carbonyl (C=O) groups excluding carboxylic acids is 1. The molecule has 0 bridgehead atoms. The van der Waals surface area contributed by atoms with Gasteiger partial charge in [-0.25, -0.2) is 0 Å². The third-order valence-corrected chi connectivity index (χ3v) is 2.96. The molecule has 1 aliphatic heterocycles. The van der Waals surface area contributed by atoms with Gasteiger partial charge in [0.1, 0.15) is 0 Å². The Morgan fingerprint density at radius 1 is 1.40 bits per heavy atom. The zero-order valence-corrected chi connectivity index (χ0v) is 8.89. The molecule has 3 heteroatoms. The summed E-state index contributed by atoms with van der Waals surface area (Å²) in [6, 6.07) is 10.8. The predicted molar refractivity (Wildman–Crippen MR) is 59.4 cm³/mol. The fraction of sp³-hybridized carbons (Fsp3) is 0.417. The first kappa shape index (κ1) is 10.2. The van der Waals surface area contributed by atoms with Crippen molar-refractivity contribution in [1.29, 1.82) is 0 Å². The van der Waals surface area contributed by atoms with E-state index in [0.717, 1.165) is 19.5 Å². The van der Waals surface area contributed by atoms with E-state index in [-0.39, 0.29) is 6.04 Å². The van der Waals surface area contributed by atoms with E-state index in [9.17, 15) is 4.79 Å². The third-order valence-electron chi connectivity index (χ3n) is 2.96. The lowest BCUT2D eigenvalue weighted by Crippen LogP contribution is -2.50. The van der Waals surface area contributed by atoms with E-state index >= 15 is 0 Å². The van der Waals surface area contributed by atoms with Crippen LogP contribution in [0.2, 0.25) is 0 Å². The average Bonchev–Trinajstić information content (AvgIpc) is 2.31. The lowest BCUT2D eigenvalue weighted by Gasteiger charge is -2.36. The molecule has 0 unspecified atom stereocenters. The van der Waals surface area contributed by atoms with E-state index in [1.54, 1.807) is 0 Å². The molecular formula is C12H16N2O. The van der Waals surface area contributed by atoms with Gasteiger partial charge in [0, 0.05) is 25.2 Å². The molecule has 0 saturated carbocycles. The standard InChI is InChI=1S/C12H16N2O/c1-10-7-13-12(8-14(10)9-15)11-5-3-2-4-6-11/h2-6,9-10,12-13H,7-8H2,1H3/t10-,12-/m1/s1. The van der Waals surface area contributed by atoms with Gasteiger partial charge in [-0.15, -0.1) is 0 Å². The Kier molecular flexibility index (Phi) is 3.02. The maximum atomic E-state index is 10.8. The molecule has 3 nitrogen and oxygen atoms in total. The SMILES string of the molecule is C[C@@H]1CN[C@@H](c2ccccc2)CN1C=O. The fourth-order valence-electron chi connectivity index (χ4n) is 1.94. The van der Waals surface area contributed by atoms with E-state index in [0.29, 0.717) is 6.04 Å². The number of benzene rings is 1. The summed E-state index contributed by atoms with van der Waals surface area (Å²) in [7, 11) is 0. The number of carbonyl (C=O) groups is 1. The zero-order valence-electron chi connectivity index (χ0n) is 8.89. The van der Waals surface area contributed by atoms with Crippen LogP contribution in [0.4, 0.5) is 0 Å². The second-order valence-corrected chi connectivity index (χ2v) is 4.02. The van der Waals surface area contributed by atoms with E-state index in [2.05, 4.69) is 24.4 Å². The highest BCUT2D eigenvalue weighted by Crippen LogP contribution is 2.18. The largest absolute Gasteiger partial charge is 0.339 e. The number of nitrogens with one attached hydrogen (secondary N) is 1. The van der Waals surface area contributed by atoms with Crippen LogP contribution in [0.5, 0.6) is 0 Å². The molecule has 1 aliphatic rings. The molecule has 0 radical (unpaired) electrons. The molecule has 80 valence electrons. The molecule has 2 atom stereocenters. The normalized spacial score (nSPS) is 26.3. The molecule has 2 rings (SSSR count). The smallest absolute Gasteiger partial charge is 0.210 e. The predicted octanol–water partition coefficient (Wildman–Crippen LogP) is 1.18. The highest BCUT2D eigenvalue weighted by Gasteiger charge is 2.24.